The second-order valence-corrected chi connectivity index (χ2v) is 5.79. The van der Waals surface area contributed by atoms with Gasteiger partial charge < -0.3 is 15.6 Å². The molecule has 1 aliphatic rings. The predicted molar refractivity (Wildman–Crippen MR) is 62.2 cm³/mol. The molecule has 0 unspecified atom stereocenters. The highest BCUT2D eigenvalue weighted by Crippen LogP contribution is 2.30. The van der Waals surface area contributed by atoms with Gasteiger partial charge in [-0.3, -0.25) is 0 Å². The monoisotopic (exact) mass is 258 g/mol. The van der Waals surface area contributed by atoms with Crippen LogP contribution in [0.4, 0.5) is 5.69 Å². The lowest BCUT2D eigenvalue weighted by atomic mass is 10.2. The molecule has 0 saturated carbocycles. The Hall–Kier alpha value is -1.31. The van der Waals surface area contributed by atoms with Crippen molar-refractivity contribution in [2.75, 3.05) is 25.9 Å². The lowest BCUT2D eigenvalue weighted by molar-refractivity contribution is 0.0547. The van der Waals surface area contributed by atoms with E-state index in [1.807, 2.05) is 0 Å². The lowest BCUT2D eigenvalue weighted by Gasteiger charge is -2.34. The zero-order valence-corrected chi connectivity index (χ0v) is 10.1. The van der Waals surface area contributed by atoms with Gasteiger partial charge in [-0.15, -0.1) is 0 Å². The topological polar surface area (TPSA) is 92.9 Å². The number of sulfonamides is 1. The van der Waals surface area contributed by atoms with Crippen LogP contribution in [0.2, 0.25) is 0 Å². The van der Waals surface area contributed by atoms with E-state index in [2.05, 4.69) is 0 Å². The van der Waals surface area contributed by atoms with Gasteiger partial charge in [0.15, 0.2) is 0 Å². The molecule has 0 amide bonds. The maximum atomic E-state index is 12.1. The molecule has 7 heteroatoms. The molecule has 17 heavy (non-hydrogen) atoms. The highest BCUT2D eigenvalue weighted by atomic mass is 32.2. The zero-order chi connectivity index (χ0) is 12.6. The number of nitrogens with zero attached hydrogens (tertiary/aromatic N) is 1. The van der Waals surface area contributed by atoms with Gasteiger partial charge in [-0.05, 0) is 12.1 Å². The zero-order valence-electron chi connectivity index (χ0n) is 9.33. The van der Waals surface area contributed by atoms with Crippen LogP contribution in [0.1, 0.15) is 0 Å². The number of ether oxygens (including phenoxy) is 1. The number of β-amino-alcohol motifs (C(OH)–C–C–N with tert-alkyl or cyclic N) is 1. The first kappa shape index (κ1) is 12.2. The highest BCUT2D eigenvalue weighted by Gasteiger charge is 2.37. The quantitative estimate of drug-likeness (QED) is 0.722. The number of methoxy groups -OCH3 is 1. The van der Waals surface area contributed by atoms with E-state index in [-0.39, 0.29) is 23.7 Å². The van der Waals surface area contributed by atoms with Gasteiger partial charge in [-0.25, -0.2) is 8.42 Å². The number of aliphatic hydroxyl groups excluding tert-OH is 1. The Labute approximate surface area is 99.7 Å². The van der Waals surface area contributed by atoms with Crippen molar-refractivity contribution in [3.63, 3.8) is 0 Å². The van der Waals surface area contributed by atoms with Crippen molar-refractivity contribution in [3.05, 3.63) is 18.2 Å². The Morgan fingerprint density at radius 1 is 1.47 bits per heavy atom. The van der Waals surface area contributed by atoms with E-state index in [4.69, 9.17) is 15.6 Å². The largest absolute Gasteiger partial charge is 0.495 e. The highest BCUT2D eigenvalue weighted by molar-refractivity contribution is 7.89. The molecule has 1 aliphatic heterocycles. The Morgan fingerprint density at radius 3 is 2.65 bits per heavy atom. The number of nitrogens with two attached hydrogens (primary N) is 1. The lowest BCUT2D eigenvalue weighted by Crippen LogP contribution is -2.53. The van der Waals surface area contributed by atoms with Crippen LogP contribution in [0.15, 0.2) is 23.1 Å². The summed E-state index contributed by atoms with van der Waals surface area (Å²) in [6, 6.07) is 4.38. The Balaban J connectivity index is 2.39. The van der Waals surface area contributed by atoms with Crippen molar-refractivity contribution in [3.8, 4) is 5.75 Å². The van der Waals surface area contributed by atoms with E-state index in [0.29, 0.717) is 5.69 Å². The van der Waals surface area contributed by atoms with Crippen molar-refractivity contribution in [1.29, 1.82) is 0 Å². The molecule has 0 bridgehead atoms. The summed E-state index contributed by atoms with van der Waals surface area (Å²) in [5.74, 6) is 0.214. The van der Waals surface area contributed by atoms with Crippen LogP contribution in [0, 0.1) is 0 Å². The molecule has 1 heterocycles. The molecule has 1 saturated heterocycles. The molecule has 0 aromatic heterocycles. The average molecular weight is 258 g/mol. The first-order valence-electron chi connectivity index (χ1n) is 5.07. The molecular formula is C10H14N2O4S. The molecule has 1 fully saturated rings. The summed E-state index contributed by atoms with van der Waals surface area (Å²) in [7, 11) is -2.21. The summed E-state index contributed by atoms with van der Waals surface area (Å²) in [6.45, 7) is 0.242. The minimum Gasteiger partial charge on any atom is -0.495 e. The fraction of sp³-hybridized carbons (Fsp3) is 0.400. The van der Waals surface area contributed by atoms with Crippen molar-refractivity contribution in [2.45, 2.75) is 11.0 Å². The summed E-state index contributed by atoms with van der Waals surface area (Å²) in [5, 5.41) is 9.14. The van der Waals surface area contributed by atoms with E-state index in [9.17, 15) is 8.42 Å². The van der Waals surface area contributed by atoms with E-state index in [0.717, 1.165) is 0 Å². The maximum Gasteiger partial charge on any atom is 0.246 e. The smallest absolute Gasteiger partial charge is 0.246 e. The van der Waals surface area contributed by atoms with Crippen LogP contribution >= 0.6 is 0 Å². The van der Waals surface area contributed by atoms with Crippen molar-refractivity contribution >= 4 is 15.7 Å². The van der Waals surface area contributed by atoms with Crippen LogP contribution in [0.5, 0.6) is 5.75 Å². The van der Waals surface area contributed by atoms with Gasteiger partial charge in [0.05, 0.1) is 13.2 Å². The van der Waals surface area contributed by atoms with E-state index in [1.165, 1.54) is 29.6 Å². The van der Waals surface area contributed by atoms with Gasteiger partial charge in [0.25, 0.3) is 0 Å². The molecule has 6 nitrogen and oxygen atoms in total. The Morgan fingerprint density at radius 2 is 2.12 bits per heavy atom. The number of anilines is 1. The number of rotatable bonds is 3. The van der Waals surface area contributed by atoms with E-state index < -0.39 is 16.1 Å². The minimum absolute atomic E-state index is 0.0705. The van der Waals surface area contributed by atoms with Crippen LogP contribution in [-0.4, -0.2) is 44.1 Å². The van der Waals surface area contributed by atoms with Gasteiger partial charge >= 0.3 is 0 Å². The van der Waals surface area contributed by atoms with Gasteiger partial charge in [-0.2, -0.15) is 4.31 Å². The summed E-state index contributed by atoms with van der Waals surface area (Å²) in [4.78, 5) is 0.0705. The van der Waals surface area contributed by atoms with Crippen LogP contribution < -0.4 is 10.5 Å². The van der Waals surface area contributed by atoms with Crippen LogP contribution in [0.25, 0.3) is 0 Å². The number of nitrogen functional groups attached to an aromatic ring is 1. The molecule has 1 aromatic carbocycles. The number of hydrogen-bond donors (Lipinski definition) is 2. The second kappa shape index (κ2) is 4.17. The van der Waals surface area contributed by atoms with Gasteiger partial charge in [0.2, 0.25) is 10.0 Å². The fourth-order valence-corrected chi connectivity index (χ4v) is 3.30. The molecular weight excluding hydrogens is 244 g/mol. The van der Waals surface area contributed by atoms with Gasteiger partial charge in [0.1, 0.15) is 10.6 Å². The van der Waals surface area contributed by atoms with Crippen molar-refractivity contribution < 1.29 is 18.3 Å². The van der Waals surface area contributed by atoms with E-state index in [1.54, 1.807) is 0 Å². The minimum atomic E-state index is -3.60. The number of aliphatic hydroxyl groups is 1. The third kappa shape index (κ3) is 2.08. The first-order chi connectivity index (χ1) is 7.95. The molecule has 0 atom stereocenters. The SMILES string of the molecule is COc1cc(N)ccc1S(=O)(=O)N1CC(O)C1. The first-order valence-corrected chi connectivity index (χ1v) is 6.51. The average Bonchev–Trinajstić information content (AvgIpc) is 2.24. The van der Waals surface area contributed by atoms with Gasteiger partial charge in [-0.1, -0.05) is 0 Å². The normalized spacial score (nSPS) is 17.8. The molecule has 0 spiro atoms. The standard InChI is InChI=1S/C10H14N2O4S/c1-16-9-4-7(11)2-3-10(9)17(14,15)12-5-8(13)6-12/h2-4,8,13H,5-6,11H2,1H3. The van der Waals surface area contributed by atoms with Crippen molar-refractivity contribution in [2.24, 2.45) is 0 Å². The van der Waals surface area contributed by atoms with E-state index >= 15 is 0 Å². The fourth-order valence-electron chi connectivity index (χ4n) is 1.65. The third-order valence-corrected chi connectivity index (χ3v) is 4.51. The third-order valence-electron chi connectivity index (χ3n) is 2.63. The molecule has 0 radical (unpaired) electrons. The van der Waals surface area contributed by atoms with Crippen LogP contribution in [0.3, 0.4) is 0 Å². The predicted octanol–water partition coefficient (Wildman–Crippen LogP) is -0.357. The van der Waals surface area contributed by atoms with Crippen LogP contribution in [-0.2, 0) is 10.0 Å². The Kier molecular flexibility index (Phi) is 2.98. The van der Waals surface area contributed by atoms with Gasteiger partial charge in [0, 0.05) is 24.8 Å². The molecule has 3 N–H and O–H groups in total. The molecule has 0 aliphatic carbocycles. The molecule has 2 rings (SSSR count). The summed E-state index contributed by atoms with van der Waals surface area (Å²) in [5.41, 5.74) is 6.00. The second-order valence-electron chi connectivity index (χ2n) is 3.89. The summed E-state index contributed by atoms with van der Waals surface area (Å²) in [6.07, 6.45) is -0.579. The summed E-state index contributed by atoms with van der Waals surface area (Å²) >= 11 is 0. The van der Waals surface area contributed by atoms with Crippen molar-refractivity contribution in [1.82, 2.24) is 4.31 Å². The molecule has 94 valence electrons. The Bertz CT molecular complexity index is 523. The molecule has 1 aromatic rings. The summed E-state index contributed by atoms with van der Waals surface area (Å²) < 4.78 is 30.5. The number of hydrogen-bond acceptors (Lipinski definition) is 5. The maximum absolute atomic E-state index is 12.1. The number of benzene rings is 1.